The molecule has 90 valence electrons. The number of hydrogen-bond acceptors (Lipinski definition) is 4. The van der Waals surface area contributed by atoms with Gasteiger partial charge in [-0.2, -0.15) is 0 Å². The molecule has 2 N–H and O–H groups in total. The molecule has 3 aromatic rings. The third-order valence-corrected chi connectivity index (χ3v) is 2.94. The second-order valence-electron chi connectivity index (χ2n) is 3.89. The fraction of sp³-hybridized carbons (Fsp3) is 0.0833. The van der Waals surface area contributed by atoms with Crippen molar-refractivity contribution in [1.29, 1.82) is 0 Å². The molecule has 0 fully saturated rings. The van der Waals surface area contributed by atoms with E-state index in [1.54, 1.807) is 12.3 Å². The van der Waals surface area contributed by atoms with E-state index in [-0.39, 0.29) is 0 Å². The largest absolute Gasteiger partial charge is 0.369 e. The first-order valence-electron chi connectivity index (χ1n) is 5.40. The summed E-state index contributed by atoms with van der Waals surface area (Å²) < 4.78 is 1.88. The zero-order chi connectivity index (χ0) is 12.5. The zero-order valence-electron chi connectivity index (χ0n) is 9.42. The summed E-state index contributed by atoms with van der Waals surface area (Å²) >= 11 is 6.00. The highest BCUT2D eigenvalue weighted by atomic mass is 35.5. The molecule has 0 aliphatic heterocycles. The maximum absolute atomic E-state index is 6.00. The van der Waals surface area contributed by atoms with Gasteiger partial charge < -0.3 is 10.3 Å². The highest BCUT2D eigenvalue weighted by Crippen LogP contribution is 2.22. The molecule has 0 aliphatic rings. The van der Waals surface area contributed by atoms with Crippen LogP contribution in [0.25, 0.3) is 11.0 Å². The lowest BCUT2D eigenvalue weighted by Gasteiger charge is -2.05. The summed E-state index contributed by atoms with van der Waals surface area (Å²) in [6, 6.07) is 7.34. The highest BCUT2D eigenvalue weighted by Gasteiger charge is 2.09. The quantitative estimate of drug-likeness (QED) is 0.765. The lowest BCUT2D eigenvalue weighted by atomic mass is 10.3. The van der Waals surface area contributed by atoms with E-state index in [9.17, 15) is 0 Å². The van der Waals surface area contributed by atoms with Gasteiger partial charge in [-0.25, -0.2) is 15.0 Å². The summed E-state index contributed by atoms with van der Waals surface area (Å²) in [5.74, 6) is 0.450. The monoisotopic (exact) mass is 259 g/mol. The van der Waals surface area contributed by atoms with Gasteiger partial charge in [-0.15, -0.1) is 0 Å². The van der Waals surface area contributed by atoms with E-state index in [4.69, 9.17) is 17.3 Å². The van der Waals surface area contributed by atoms with Crippen molar-refractivity contribution in [3.63, 3.8) is 0 Å². The van der Waals surface area contributed by atoms with Gasteiger partial charge in [0.2, 0.25) is 5.95 Å². The Labute approximate surface area is 108 Å². The summed E-state index contributed by atoms with van der Waals surface area (Å²) in [6.07, 6.45) is 3.21. The third kappa shape index (κ3) is 1.89. The molecule has 0 unspecified atom stereocenters. The van der Waals surface area contributed by atoms with E-state index in [0.717, 1.165) is 16.7 Å². The molecule has 0 amide bonds. The van der Waals surface area contributed by atoms with Crippen molar-refractivity contribution in [2.75, 3.05) is 5.73 Å². The third-order valence-electron chi connectivity index (χ3n) is 2.70. The summed E-state index contributed by atoms with van der Waals surface area (Å²) in [5.41, 5.74) is 8.51. The van der Waals surface area contributed by atoms with Gasteiger partial charge in [0.05, 0.1) is 23.3 Å². The Balaban J connectivity index is 2.11. The average Bonchev–Trinajstić information content (AvgIpc) is 2.67. The summed E-state index contributed by atoms with van der Waals surface area (Å²) in [4.78, 5) is 12.3. The van der Waals surface area contributed by atoms with Crippen LogP contribution in [0, 0.1) is 0 Å². The zero-order valence-corrected chi connectivity index (χ0v) is 10.2. The van der Waals surface area contributed by atoms with Crippen molar-refractivity contribution in [3.05, 3.63) is 47.5 Å². The number of nitrogens with zero attached hydrogens (tertiary/aromatic N) is 4. The van der Waals surface area contributed by atoms with E-state index in [1.807, 2.05) is 22.8 Å². The SMILES string of the molecule is Nc1nc2ccc(Cl)cc2n1Cc1ccncn1. The molecule has 1 aromatic carbocycles. The molecule has 3 rings (SSSR count). The second kappa shape index (κ2) is 4.27. The van der Waals surface area contributed by atoms with Crippen molar-refractivity contribution < 1.29 is 0 Å². The highest BCUT2D eigenvalue weighted by molar-refractivity contribution is 6.31. The first kappa shape index (κ1) is 11.0. The predicted molar refractivity (Wildman–Crippen MR) is 70.3 cm³/mol. The lowest BCUT2D eigenvalue weighted by molar-refractivity contribution is 0.803. The number of imidazole rings is 1. The maximum atomic E-state index is 6.00. The Kier molecular flexibility index (Phi) is 2.60. The van der Waals surface area contributed by atoms with Crippen LogP contribution in [0.3, 0.4) is 0 Å². The van der Waals surface area contributed by atoms with Gasteiger partial charge >= 0.3 is 0 Å². The number of halogens is 1. The minimum atomic E-state index is 0.450. The number of rotatable bonds is 2. The molecule has 5 nitrogen and oxygen atoms in total. The molecular weight excluding hydrogens is 250 g/mol. The van der Waals surface area contributed by atoms with E-state index >= 15 is 0 Å². The van der Waals surface area contributed by atoms with Crippen LogP contribution in [0.15, 0.2) is 36.8 Å². The van der Waals surface area contributed by atoms with Crippen molar-refractivity contribution in [2.45, 2.75) is 6.54 Å². The van der Waals surface area contributed by atoms with E-state index in [2.05, 4.69) is 15.0 Å². The first-order valence-corrected chi connectivity index (χ1v) is 5.78. The summed E-state index contributed by atoms with van der Waals surface area (Å²) in [7, 11) is 0. The first-order chi connectivity index (χ1) is 8.74. The van der Waals surface area contributed by atoms with Crippen LogP contribution in [0.5, 0.6) is 0 Å². The van der Waals surface area contributed by atoms with Crippen LogP contribution in [-0.2, 0) is 6.54 Å². The molecule has 6 heteroatoms. The smallest absolute Gasteiger partial charge is 0.201 e. The topological polar surface area (TPSA) is 69.6 Å². The van der Waals surface area contributed by atoms with Crippen LogP contribution in [0.4, 0.5) is 5.95 Å². The normalized spacial score (nSPS) is 10.9. The summed E-state index contributed by atoms with van der Waals surface area (Å²) in [6.45, 7) is 0.547. The summed E-state index contributed by atoms with van der Waals surface area (Å²) in [5, 5.41) is 0.659. The molecule has 0 aliphatic carbocycles. The molecule has 0 saturated carbocycles. The number of anilines is 1. The van der Waals surface area contributed by atoms with Crippen LogP contribution in [0.2, 0.25) is 5.02 Å². The number of fused-ring (bicyclic) bond motifs is 1. The Hall–Kier alpha value is -2.14. The molecule has 2 heterocycles. The van der Waals surface area contributed by atoms with Gasteiger partial charge in [-0.05, 0) is 24.3 Å². The average molecular weight is 260 g/mol. The van der Waals surface area contributed by atoms with Crippen LogP contribution < -0.4 is 5.73 Å². The fourth-order valence-electron chi connectivity index (χ4n) is 1.85. The second-order valence-corrected chi connectivity index (χ2v) is 4.33. The van der Waals surface area contributed by atoms with Gasteiger partial charge in [-0.1, -0.05) is 11.6 Å². The number of aromatic nitrogens is 4. The Morgan fingerprint density at radius 3 is 2.94 bits per heavy atom. The van der Waals surface area contributed by atoms with Gasteiger partial charge in [0.1, 0.15) is 6.33 Å². The van der Waals surface area contributed by atoms with Gasteiger partial charge in [0, 0.05) is 11.2 Å². The van der Waals surface area contributed by atoms with E-state index in [0.29, 0.717) is 17.5 Å². The van der Waals surface area contributed by atoms with Crippen LogP contribution in [0.1, 0.15) is 5.69 Å². The van der Waals surface area contributed by atoms with Gasteiger partial charge in [0.15, 0.2) is 0 Å². The van der Waals surface area contributed by atoms with E-state index < -0.39 is 0 Å². The Morgan fingerprint density at radius 2 is 2.17 bits per heavy atom. The van der Waals surface area contributed by atoms with Crippen LogP contribution in [-0.4, -0.2) is 19.5 Å². The fourth-order valence-corrected chi connectivity index (χ4v) is 2.02. The molecular formula is C12H10ClN5. The molecule has 0 bridgehead atoms. The number of hydrogen-bond donors (Lipinski definition) is 1. The molecule has 2 aromatic heterocycles. The predicted octanol–water partition coefficient (Wildman–Crippen LogP) is 2.11. The molecule has 0 spiro atoms. The van der Waals surface area contributed by atoms with Crippen LogP contribution >= 0.6 is 11.6 Å². The van der Waals surface area contributed by atoms with Crippen molar-refractivity contribution in [2.24, 2.45) is 0 Å². The minimum absolute atomic E-state index is 0.450. The standard InChI is InChI=1S/C12H10ClN5/c13-8-1-2-10-11(5-8)18(12(14)17-10)6-9-3-4-15-7-16-9/h1-5,7H,6H2,(H2,14,17). The van der Waals surface area contributed by atoms with Crippen molar-refractivity contribution >= 4 is 28.6 Å². The Bertz CT molecular complexity index is 692. The number of nitrogens with two attached hydrogens (primary N) is 1. The molecule has 18 heavy (non-hydrogen) atoms. The van der Waals surface area contributed by atoms with Gasteiger partial charge in [0.25, 0.3) is 0 Å². The van der Waals surface area contributed by atoms with Gasteiger partial charge in [-0.3, -0.25) is 0 Å². The van der Waals surface area contributed by atoms with Crippen molar-refractivity contribution in [1.82, 2.24) is 19.5 Å². The maximum Gasteiger partial charge on any atom is 0.201 e. The lowest BCUT2D eigenvalue weighted by Crippen LogP contribution is -2.05. The van der Waals surface area contributed by atoms with Crippen molar-refractivity contribution in [3.8, 4) is 0 Å². The minimum Gasteiger partial charge on any atom is -0.369 e. The molecule has 0 saturated heterocycles. The molecule has 0 atom stereocenters. The van der Waals surface area contributed by atoms with E-state index in [1.165, 1.54) is 6.33 Å². The number of benzene rings is 1. The number of nitrogen functional groups attached to an aromatic ring is 1. The Morgan fingerprint density at radius 1 is 1.28 bits per heavy atom. The molecule has 0 radical (unpaired) electrons.